The number of fused-ring (bicyclic) bond motifs is 1. The summed E-state index contributed by atoms with van der Waals surface area (Å²) in [5.41, 5.74) is 2.66. The number of ether oxygens (including phenoxy) is 3. The van der Waals surface area contributed by atoms with Crippen molar-refractivity contribution in [1.82, 2.24) is 5.32 Å². The van der Waals surface area contributed by atoms with Crippen LogP contribution in [0.5, 0.6) is 17.2 Å². The highest BCUT2D eigenvalue weighted by molar-refractivity contribution is 8.18. The molecule has 0 bridgehead atoms. The summed E-state index contributed by atoms with van der Waals surface area (Å²) in [5.74, 6) is 1.68. The van der Waals surface area contributed by atoms with Crippen molar-refractivity contribution in [2.75, 3.05) is 13.9 Å². The van der Waals surface area contributed by atoms with Crippen molar-refractivity contribution in [2.24, 2.45) is 4.99 Å². The first kappa shape index (κ1) is 16.5. The molecular formula is C19H16N2O4S. The quantitative estimate of drug-likeness (QED) is 0.838. The van der Waals surface area contributed by atoms with E-state index < -0.39 is 0 Å². The molecule has 0 saturated carbocycles. The van der Waals surface area contributed by atoms with E-state index in [1.54, 1.807) is 25.3 Å². The van der Waals surface area contributed by atoms with Gasteiger partial charge in [-0.1, -0.05) is 12.1 Å². The zero-order chi connectivity index (χ0) is 18.1. The van der Waals surface area contributed by atoms with E-state index in [1.165, 1.54) is 11.8 Å². The van der Waals surface area contributed by atoms with Gasteiger partial charge in [0.1, 0.15) is 5.75 Å². The monoisotopic (exact) mass is 368 g/mol. The number of benzene rings is 2. The lowest BCUT2D eigenvalue weighted by Gasteiger charge is -2.06. The van der Waals surface area contributed by atoms with Crippen molar-refractivity contribution in [1.29, 1.82) is 0 Å². The Balaban J connectivity index is 1.63. The van der Waals surface area contributed by atoms with Gasteiger partial charge in [0.15, 0.2) is 16.7 Å². The molecule has 0 aliphatic carbocycles. The van der Waals surface area contributed by atoms with Crippen LogP contribution in [-0.2, 0) is 4.79 Å². The Morgan fingerprint density at radius 3 is 2.81 bits per heavy atom. The van der Waals surface area contributed by atoms with Gasteiger partial charge in [0, 0.05) is 11.6 Å². The number of nitrogens with one attached hydrogen (secondary N) is 1. The maximum Gasteiger partial charge on any atom is 0.264 e. The average molecular weight is 368 g/mol. The zero-order valence-electron chi connectivity index (χ0n) is 14.2. The smallest absolute Gasteiger partial charge is 0.264 e. The number of amides is 1. The van der Waals surface area contributed by atoms with Crippen LogP contribution in [0.2, 0.25) is 0 Å². The summed E-state index contributed by atoms with van der Waals surface area (Å²) in [7, 11) is 1.58. The van der Waals surface area contributed by atoms with Crippen molar-refractivity contribution in [2.45, 2.75) is 6.92 Å². The second kappa shape index (κ2) is 6.76. The van der Waals surface area contributed by atoms with Crippen LogP contribution in [0, 0.1) is 6.92 Å². The molecule has 0 unspecified atom stereocenters. The third kappa shape index (κ3) is 3.25. The number of aryl methyl sites for hydroxylation is 1. The molecule has 1 N–H and O–H groups in total. The molecule has 2 aromatic carbocycles. The minimum absolute atomic E-state index is 0.182. The molecular weight excluding hydrogens is 352 g/mol. The Kier molecular flexibility index (Phi) is 4.30. The predicted octanol–water partition coefficient (Wildman–Crippen LogP) is 3.62. The fourth-order valence-electron chi connectivity index (χ4n) is 2.67. The number of thioether (sulfide) groups is 1. The van der Waals surface area contributed by atoms with Gasteiger partial charge in [0.05, 0.1) is 17.7 Å². The Morgan fingerprint density at radius 2 is 2.04 bits per heavy atom. The number of aliphatic imine (C=N–C) groups is 1. The normalized spacial score (nSPS) is 18.5. The van der Waals surface area contributed by atoms with Crippen LogP contribution in [-0.4, -0.2) is 25.0 Å². The molecule has 1 saturated heterocycles. The first-order valence-corrected chi connectivity index (χ1v) is 8.78. The lowest BCUT2D eigenvalue weighted by Crippen LogP contribution is -2.19. The number of carbonyl (C=O) groups excluding carboxylic acids is 1. The molecule has 2 heterocycles. The third-order valence-corrected chi connectivity index (χ3v) is 4.80. The summed E-state index contributed by atoms with van der Waals surface area (Å²) >= 11 is 1.29. The molecule has 0 atom stereocenters. The molecule has 0 spiro atoms. The van der Waals surface area contributed by atoms with Gasteiger partial charge in [-0.05, 0) is 48.5 Å². The molecule has 4 rings (SSSR count). The molecule has 6 nitrogen and oxygen atoms in total. The maximum absolute atomic E-state index is 12.3. The summed E-state index contributed by atoms with van der Waals surface area (Å²) in [6.45, 7) is 2.18. The van der Waals surface area contributed by atoms with Crippen LogP contribution in [0.4, 0.5) is 5.69 Å². The van der Waals surface area contributed by atoms with E-state index in [2.05, 4.69) is 10.3 Å². The van der Waals surface area contributed by atoms with E-state index in [1.807, 2.05) is 31.2 Å². The van der Waals surface area contributed by atoms with Crippen LogP contribution in [0.1, 0.15) is 11.1 Å². The number of hydrogen-bond acceptors (Lipinski definition) is 6. The molecule has 0 radical (unpaired) electrons. The minimum atomic E-state index is -0.193. The predicted molar refractivity (Wildman–Crippen MR) is 101 cm³/mol. The minimum Gasteiger partial charge on any atom is -0.496 e. The van der Waals surface area contributed by atoms with Crippen molar-refractivity contribution in [3.63, 3.8) is 0 Å². The van der Waals surface area contributed by atoms with E-state index in [4.69, 9.17) is 14.2 Å². The summed E-state index contributed by atoms with van der Waals surface area (Å²) in [6.07, 6.45) is 1.76. The summed E-state index contributed by atoms with van der Waals surface area (Å²) < 4.78 is 16.2. The largest absolute Gasteiger partial charge is 0.496 e. The van der Waals surface area contributed by atoms with Crippen molar-refractivity contribution in [3.05, 3.63) is 52.4 Å². The topological polar surface area (TPSA) is 69.2 Å². The first-order valence-electron chi connectivity index (χ1n) is 7.96. The first-order chi connectivity index (χ1) is 12.6. The van der Waals surface area contributed by atoms with E-state index in [-0.39, 0.29) is 12.7 Å². The van der Waals surface area contributed by atoms with Gasteiger partial charge in [0.2, 0.25) is 6.79 Å². The van der Waals surface area contributed by atoms with Crippen LogP contribution >= 0.6 is 11.8 Å². The van der Waals surface area contributed by atoms with E-state index in [0.29, 0.717) is 27.3 Å². The molecule has 2 aliphatic heterocycles. The molecule has 0 aromatic heterocycles. The molecule has 132 valence electrons. The van der Waals surface area contributed by atoms with Crippen LogP contribution in [0.15, 0.2) is 46.3 Å². The number of hydrogen-bond donors (Lipinski definition) is 1. The standard InChI is InChI=1S/C19H16N2O4S/c1-11-4-3-5-13(6-11)20-19-21-18(22)17(26-19)8-12-7-15-16(25-10-24-15)9-14(12)23-2/h3-9H,10H2,1-2H3,(H,20,21,22)/b17-8+. The number of carbonyl (C=O) groups is 1. The lowest BCUT2D eigenvalue weighted by atomic mass is 10.1. The second-order valence-electron chi connectivity index (χ2n) is 5.77. The lowest BCUT2D eigenvalue weighted by molar-refractivity contribution is -0.115. The highest BCUT2D eigenvalue weighted by atomic mass is 32.2. The highest BCUT2D eigenvalue weighted by Crippen LogP contribution is 2.40. The van der Waals surface area contributed by atoms with Crippen molar-refractivity contribution in [3.8, 4) is 17.2 Å². The maximum atomic E-state index is 12.3. The number of methoxy groups -OCH3 is 1. The van der Waals surface area contributed by atoms with Gasteiger partial charge in [-0.15, -0.1) is 0 Å². The van der Waals surface area contributed by atoms with Gasteiger partial charge >= 0.3 is 0 Å². The Labute approximate surface area is 154 Å². The molecule has 2 aromatic rings. The van der Waals surface area contributed by atoms with Crippen molar-refractivity contribution < 1.29 is 19.0 Å². The molecule has 1 fully saturated rings. The summed E-state index contributed by atoms with van der Waals surface area (Å²) in [6, 6.07) is 11.4. The fraction of sp³-hybridized carbons (Fsp3) is 0.158. The van der Waals surface area contributed by atoms with Gasteiger partial charge in [0.25, 0.3) is 5.91 Å². The number of nitrogens with zero attached hydrogens (tertiary/aromatic N) is 1. The van der Waals surface area contributed by atoms with Crippen LogP contribution < -0.4 is 19.5 Å². The highest BCUT2D eigenvalue weighted by Gasteiger charge is 2.25. The SMILES string of the molecule is COc1cc2c(cc1/C=C1/SC(=Nc3cccc(C)c3)NC1=O)OCO2. The van der Waals surface area contributed by atoms with Gasteiger partial charge in [-0.3, -0.25) is 4.79 Å². The zero-order valence-corrected chi connectivity index (χ0v) is 15.1. The third-order valence-electron chi connectivity index (χ3n) is 3.89. The summed E-state index contributed by atoms with van der Waals surface area (Å²) in [4.78, 5) is 17.3. The molecule has 7 heteroatoms. The number of rotatable bonds is 3. The molecule has 26 heavy (non-hydrogen) atoms. The Bertz CT molecular complexity index is 953. The second-order valence-corrected chi connectivity index (χ2v) is 6.80. The number of amidine groups is 1. The van der Waals surface area contributed by atoms with Gasteiger partial charge < -0.3 is 19.5 Å². The average Bonchev–Trinajstić information content (AvgIpc) is 3.20. The Morgan fingerprint density at radius 1 is 1.23 bits per heavy atom. The van der Waals surface area contributed by atoms with Gasteiger partial charge in [-0.25, -0.2) is 4.99 Å². The van der Waals surface area contributed by atoms with E-state index >= 15 is 0 Å². The molecule has 1 amide bonds. The Hall–Kier alpha value is -2.93. The van der Waals surface area contributed by atoms with Crippen LogP contribution in [0.25, 0.3) is 6.08 Å². The van der Waals surface area contributed by atoms with E-state index in [0.717, 1.165) is 16.8 Å². The summed E-state index contributed by atoms with van der Waals surface area (Å²) in [5, 5.41) is 3.34. The van der Waals surface area contributed by atoms with E-state index in [9.17, 15) is 4.79 Å². The van der Waals surface area contributed by atoms with Gasteiger partial charge in [-0.2, -0.15) is 0 Å². The van der Waals surface area contributed by atoms with Crippen molar-refractivity contribution >= 4 is 34.6 Å². The van der Waals surface area contributed by atoms with Crippen LogP contribution in [0.3, 0.4) is 0 Å². The fourth-order valence-corrected chi connectivity index (χ4v) is 3.50. The molecule has 2 aliphatic rings.